The predicted octanol–water partition coefficient (Wildman–Crippen LogP) is 2.09. The van der Waals surface area contributed by atoms with Crippen LogP contribution < -0.4 is 16.0 Å². The number of carbonyl (C=O) groups excluding carboxylic acids is 3. The first-order chi connectivity index (χ1) is 51.6. The molecule has 18 N–H and O–H groups in total. The number of hydrogen-bond acceptors (Lipinski definition) is 28. The highest BCUT2D eigenvalue weighted by Gasteiger charge is 2.58. The molecule has 3 amide bonds. The molecule has 27 atom stereocenters. The topological polar surface area (TPSA) is 483 Å². The second-order valence-electron chi connectivity index (χ2n) is 30.0. The van der Waals surface area contributed by atoms with Gasteiger partial charge in [0.15, 0.2) is 31.5 Å². The van der Waals surface area contributed by atoms with Crippen LogP contribution in [-0.4, -0.2) is 300 Å². The van der Waals surface area contributed by atoms with E-state index in [9.17, 15) is 91.0 Å². The molecule has 31 nitrogen and oxygen atoms in total. The fraction of sp³-hybridized carbons (Fsp3) is 0.934. The maximum Gasteiger partial charge on any atom is 0.220 e. The van der Waals surface area contributed by atoms with Crippen LogP contribution in [0, 0.1) is 0 Å². The largest absolute Gasteiger partial charge is 0.394 e. The maximum atomic E-state index is 13.6. The number of hydrogen-bond donors (Lipinski definition) is 18. The normalized spacial score (nSPS) is 34.0. The summed E-state index contributed by atoms with van der Waals surface area (Å²) in [6, 6.07) is -4.36. The molecule has 5 aliphatic rings. The van der Waals surface area contributed by atoms with Crippen LogP contribution in [0.2, 0.25) is 0 Å². The van der Waals surface area contributed by atoms with Crippen LogP contribution in [0.1, 0.15) is 246 Å². The van der Waals surface area contributed by atoms with E-state index in [0.717, 1.165) is 65.2 Å². The Labute approximate surface area is 633 Å². The Kier molecular flexibility index (Phi) is 47.2. The number of unbranched alkanes of at least 4 members (excludes halogenated alkanes) is 31. The molecule has 0 spiro atoms. The second-order valence-corrected chi connectivity index (χ2v) is 30.0. The van der Waals surface area contributed by atoms with E-state index in [1.165, 1.54) is 148 Å². The minimum absolute atomic E-state index is 0.188. The van der Waals surface area contributed by atoms with Gasteiger partial charge >= 0.3 is 0 Å². The molecule has 5 saturated heterocycles. The van der Waals surface area contributed by atoms with E-state index in [1.54, 1.807) is 6.08 Å². The van der Waals surface area contributed by atoms with Crippen LogP contribution in [0.25, 0.3) is 0 Å². The Bertz CT molecular complexity index is 2380. The first kappa shape index (κ1) is 94.7. The van der Waals surface area contributed by atoms with Crippen LogP contribution in [0.4, 0.5) is 0 Å². The van der Waals surface area contributed by atoms with Crippen LogP contribution >= 0.6 is 0 Å². The predicted molar refractivity (Wildman–Crippen MR) is 389 cm³/mol. The molecular formula is C76H139N3O28. The van der Waals surface area contributed by atoms with Gasteiger partial charge < -0.3 is 140 Å². The first-order valence-corrected chi connectivity index (χ1v) is 40.5. The van der Waals surface area contributed by atoms with Crippen LogP contribution in [0.15, 0.2) is 12.2 Å². The number of carbonyl (C=O) groups is 3. The molecule has 5 heterocycles. The molecule has 0 aromatic heterocycles. The molecule has 31 heteroatoms. The van der Waals surface area contributed by atoms with Gasteiger partial charge in [-0.15, -0.1) is 0 Å². The molecule has 10 unspecified atom stereocenters. The maximum absolute atomic E-state index is 13.6. The summed E-state index contributed by atoms with van der Waals surface area (Å²) in [5, 5.41) is 175. The third kappa shape index (κ3) is 31.8. The quantitative estimate of drug-likeness (QED) is 0.0306. The van der Waals surface area contributed by atoms with Crippen molar-refractivity contribution < 1.29 is 138 Å². The lowest BCUT2D eigenvalue weighted by Crippen LogP contribution is -2.71. The zero-order valence-corrected chi connectivity index (χ0v) is 64.0. The van der Waals surface area contributed by atoms with Crippen LogP contribution in [-0.2, 0) is 61.8 Å². The van der Waals surface area contributed by atoms with Gasteiger partial charge in [0.05, 0.1) is 51.8 Å². The van der Waals surface area contributed by atoms with Crippen molar-refractivity contribution in [3.8, 4) is 0 Å². The molecule has 0 saturated carbocycles. The van der Waals surface area contributed by atoms with Crippen molar-refractivity contribution >= 4 is 17.7 Å². The number of allylic oxidation sites excluding steroid dienone is 1. The molecule has 107 heavy (non-hydrogen) atoms. The van der Waals surface area contributed by atoms with Gasteiger partial charge in [-0.05, 0) is 19.3 Å². The molecule has 5 rings (SSSR count). The van der Waals surface area contributed by atoms with Gasteiger partial charge in [-0.25, -0.2) is 0 Å². The molecule has 0 bridgehead atoms. The third-order valence-electron chi connectivity index (χ3n) is 21.1. The van der Waals surface area contributed by atoms with Crippen molar-refractivity contribution in [1.29, 1.82) is 0 Å². The molecule has 626 valence electrons. The SMILES string of the molecule is CCCCCCCCCCCCC/C=C/[C@@H](O)[C@H](CO[C@@H]1OC(CO)[C@@H](O[C@@H]2OC(CO)[C@H](O)[C@H](O[C@H]3OC(CO)[C@H](O)[C@H](O[C@@H]4OC(CO)[C@H](O)[C@H](O[C@H]5OC(CO)[C@H](O)[C@H](O)C5NC(C)=O)C4NC(C)=O)C3O)C2O)[C@H](O)C1O)NC(=O)CCCCCCCCCCCCCCCCCCCCCCC. The number of nitrogens with one attached hydrogen (secondary N) is 3. The van der Waals surface area contributed by atoms with Gasteiger partial charge in [0.25, 0.3) is 0 Å². The Balaban J connectivity index is 1.19. The summed E-state index contributed by atoms with van der Waals surface area (Å²) in [4.78, 5) is 38.7. The summed E-state index contributed by atoms with van der Waals surface area (Å²) in [5.41, 5.74) is 0. The summed E-state index contributed by atoms with van der Waals surface area (Å²) >= 11 is 0. The van der Waals surface area contributed by atoms with Crippen molar-refractivity contribution in [2.45, 2.75) is 412 Å². The fourth-order valence-electron chi connectivity index (χ4n) is 14.7. The summed E-state index contributed by atoms with van der Waals surface area (Å²) in [6.45, 7) is 1.37. The molecular weight excluding hydrogens is 1400 g/mol. The van der Waals surface area contributed by atoms with Crippen molar-refractivity contribution in [1.82, 2.24) is 16.0 Å². The van der Waals surface area contributed by atoms with Gasteiger partial charge in [-0.3, -0.25) is 14.4 Å². The first-order valence-electron chi connectivity index (χ1n) is 40.5. The van der Waals surface area contributed by atoms with E-state index >= 15 is 0 Å². The lowest BCUT2D eigenvalue weighted by Gasteiger charge is -2.50. The summed E-state index contributed by atoms with van der Waals surface area (Å²) in [5.74, 6) is -1.89. The van der Waals surface area contributed by atoms with E-state index in [1.807, 2.05) is 6.08 Å². The lowest BCUT2D eigenvalue weighted by molar-refractivity contribution is -0.389. The van der Waals surface area contributed by atoms with Crippen LogP contribution in [0.3, 0.4) is 0 Å². The third-order valence-corrected chi connectivity index (χ3v) is 21.1. The number of rotatable bonds is 55. The number of ether oxygens (including phenoxy) is 10. The highest BCUT2D eigenvalue weighted by Crippen LogP contribution is 2.37. The van der Waals surface area contributed by atoms with E-state index in [-0.39, 0.29) is 12.3 Å². The monoisotopic (exact) mass is 1540 g/mol. The standard InChI is InChI=1S/C76H139N3O28/c1-5-7-9-11-13-15-17-19-20-21-22-23-24-25-26-28-30-32-34-36-38-40-56(88)79-49(50(87)39-37-35-33-31-29-27-18-16-14-12-10-8-6-2)46-98-74-65(95)64(94)68(55(45-84)103-74)104-75-67(97)71(62(92)54(44-83)101-75)107-76-66(96)70(61(91)53(43-82)102-76)106-73-58(78-48(4)86)69(60(90)52(42-81)100-73)105-72-57(77-47(3)85)63(93)59(89)51(41-80)99-72/h37,39,49-55,57-76,80-84,87,89-97H,5-36,38,40-46H2,1-4H3,(H,77,85)(H,78,86)(H,79,88)/b39-37+/t49-,50+,51?,52?,53?,54?,55?,57?,58?,59-,60-,61-,62-,63+,64+,65?,66?,67?,68+,69+,70-,71-,72+,73-,74+,75-,76+/m0/s1. The average molecular weight is 1540 g/mol. The number of aliphatic hydroxyl groups is 15. The number of amides is 3. The molecule has 0 radical (unpaired) electrons. The Morgan fingerprint density at radius 1 is 0.364 bits per heavy atom. The second kappa shape index (κ2) is 53.3. The van der Waals surface area contributed by atoms with Gasteiger partial charge in [0.2, 0.25) is 17.7 Å². The van der Waals surface area contributed by atoms with Gasteiger partial charge in [-0.1, -0.05) is 219 Å². The van der Waals surface area contributed by atoms with E-state index < -0.39 is 217 Å². The summed E-state index contributed by atoms with van der Waals surface area (Å²) in [7, 11) is 0. The Morgan fingerprint density at radius 2 is 0.701 bits per heavy atom. The minimum Gasteiger partial charge on any atom is -0.394 e. The van der Waals surface area contributed by atoms with Gasteiger partial charge in [0, 0.05) is 20.3 Å². The van der Waals surface area contributed by atoms with E-state index in [4.69, 9.17) is 47.4 Å². The zero-order valence-electron chi connectivity index (χ0n) is 64.0. The summed E-state index contributed by atoms with van der Waals surface area (Å²) in [6.07, 6.45) is -1.49. The lowest BCUT2D eigenvalue weighted by atomic mass is 9.93. The van der Waals surface area contributed by atoms with Crippen molar-refractivity contribution in [2.24, 2.45) is 0 Å². The Hall–Kier alpha value is -2.85. The molecule has 5 aliphatic heterocycles. The van der Waals surface area contributed by atoms with Gasteiger partial charge in [-0.2, -0.15) is 0 Å². The smallest absolute Gasteiger partial charge is 0.220 e. The highest BCUT2D eigenvalue weighted by molar-refractivity contribution is 5.76. The number of aliphatic hydroxyl groups excluding tert-OH is 15. The average Bonchev–Trinajstić information content (AvgIpc) is 0.772. The van der Waals surface area contributed by atoms with E-state index in [2.05, 4.69) is 29.8 Å². The van der Waals surface area contributed by atoms with Gasteiger partial charge in [0.1, 0.15) is 122 Å². The fourth-order valence-corrected chi connectivity index (χ4v) is 14.7. The molecule has 5 fully saturated rings. The van der Waals surface area contributed by atoms with Crippen molar-refractivity contribution in [3.05, 3.63) is 12.2 Å². The summed E-state index contributed by atoms with van der Waals surface area (Å²) < 4.78 is 59.2. The molecule has 0 aromatic carbocycles. The van der Waals surface area contributed by atoms with Crippen LogP contribution in [0.5, 0.6) is 0 Å². The van der Waals surface area contributed by atoms with E-state index in [0.29, 0.717) is 12.8 Å². The zero-order chi connectivity index (χ0) is 78.2. The molecule has 0 aliphatic carbocycles. The van der Waals surface area contributed by atoms with Crippen molar-refractivity contribution in [2.75, 3.05) is 39.6 Å². The van der Waals surface area contributed by atoms with Crippen molar-refractivity contribution in [3.63, 3.8) is 0 Å². The molecule has 0 aromatic rings. The highest BCUT2D eigenvalue weighted by atomic mass is 16.8. The Morgan fingerprint density at radius 3 is 1.12 bits per heavy atom. The minimum atomic E-state index is -2.24.